The van der Waals surface area contributed by atoms with Gasteiger partial charge in [0.05, 0.1) is 14.2 Å². The molecule has 2 aromatic rings. The Balaban J connectivity index is 1.87. The lowest BCUT2D eigenvalue weighted by atomic mass is 10.1. The summed E-state index contributed by atoms with van der Waals surface area (Å²) >= 11 is 0. The van der Waals surface area contributed by atoms with Gasteiger partial charge in [0, 0.05) is 11.8 Å². The third-order valence-electron chi connectivity index (χ3n) is 3.43. The fourth-order valence-electron chi connectivity index (χ4n) is 2.23. The number of nitrogens with one attached hydrogen (secondary N) is 2. The molecule has 0 heterocycles. The third kappa shape index (κ3) is 4.55. The van der Waals surface area contributed by atoms with Crippen LogP contribution in [-0.4, -0.2) is 27.0 Å². The van der Waals surface area contributed by atoms with E-state index in [1.807, 2.05) is 32.0 Å². The fourth-order valence-corrected chi connectivity index (χ4v) is 2.23. The van der Waals surface area contributed by atoms with Gasteiger partial charge in [0.25, 0.3) is 0 Å². The van der Waals surface area contributed by atoms with Gasteiger partial charge in [0.2, 0.25) is 0 Å². The predicted octanol–water partition coefficient (Wildman–Crippen LogP) is 3.48. The number of amides is 2. The molecule has 0 aliphatic rings. The van der Waals surface area contributed by atoms with Crippen molar-refractivity contribution >= 4 is 11.7 Å². The van der Waals surface area contributed by atoms with Crippen LogP contribution in [0.15, 0.2) is 36.4 Å². The van der Waals surface area contributed by atoms with Gasteiger partial charge < -0.3 is 24.8 Å². The fraction of sp³-hybridized carbons (Fsp3) is 0.278. The molecule has 0 saturated carbocycles. The molecule has 6 nitrogen and oxygen atoms in total. The van der Waals surface area contributed by atoms with Crippen molar-refractivity contribution in [2.45, 2.75) is 13.8 Å². The summed E-state index contributed by atoms with van der Waals surface area (Å²) in [7, 11) is 3.10. The maximum Gasteiger partial charge on any atom is 0.321 e. The van der Waals surface area contributed by atoms with Crippen molar-refractivity contribution in [2.75, 3.05) is 26.3 Å². The van der Waals surface area contributed by atoms with E-state index in [4.69, 9.17) is 14.2 Å². The highest BCUT2D eigenvalue weighted by Crippen LogP contribution is 2.29. The molecule has 2 amide bonds. The van der Waals surface area contributed by atoms with E-state index < -0.39 is 0 Å². The summed E-state index contributed by atoms with van der Waals surface area (Å²) in [5.74, 6) is 1.88. The molecule has 0 aliphatic carbocycles. The number of hydrogen-bond acceptors (Lipinski definition) is 4. The van der Waals surface area contributed by atoms with E-state index in [0.29, 0.717) is 17.2 Å². The van der Waals surface area contributed by atoms with Crippen LogP contribution in [0.5, 0.6) is 17.2 Å². The molecule has 2 N–H and O–H groups in total. The smallest absolute Gasteiger partial charge is 0.321 e. The molecule has 128 valence electrons. The molecule has 0 aromatic heterocycles. The molecule has 0 spiro atoms. The first-order chi connectivity index (χ1) is 11.5. The minimum absolute atomic E-state index is 0.0724. The third-order valence-corrected chi connectivity index (χ3v) is 3.43. The van der Waals surface area contributed by atoms with Gasteiger partial charge in [-0.2, -0.15) is 0 Å². The maximum atomic E-state index is 11.9. The van der Waals surface area contributed by atoms with E-state index in [0.717, 1.165) is 11.3 Å². The molecule has 0 aliphatic heterocycles. The molecule has 2 aromatic carbocycles. The van der Waals surface area contributed by atoms with Gasteiger partial charge in [-0.1, -0.05) is 17.7 Å². The van der Waals surface area contributed by atoms with E-state index in [-0.39, 0.29) is 12.8 Å². The Morgan fingerprint density at radius 2 is 1.67 bits per heavy atom. The van der Waals surface area contributed by atoms with Crippen molar-refractivity contribution in [2.24, 2.45) is 0 Å². The van der Waals surface area contributed by atoms with Crippen LogP contribution in [0.3, 0.4) is 0 Å². The lowest BCUT2D eigenvalue weighted by molar-refractivity contribution is 0.234. The Morgan fingerprint density at radius 1 is 0.958 bits per heavy atom. The van der Waals surface area contributed by atoms with E-state index in [2.05, 4.69) is 10.6 Å². The Morgan fingerprint density at radius 3 is 2.33 bits per heavy atom. The number of urea groups is 1. The van der Waals surface area contributed by atoms with Crippen LogP contribution in [0.25, 0.3) is 0 Å². The largest absolute Gasteiger partial charge is 0.493 e. The summed E-state index contributed by atoms with van der Waals surface area (Å²) < 4.78 is 15.9. The van der Waals surface area contributed by atoms with Crippen molar-refractivity contribution in [3.05, 3.63) is 47.5 Å². The number of ether oxygens (including phenoxy) is 3. The number of anilines is 1. The molecule has 0 saturated heterocycles. The van der Waals surface area contributed by atoms with Crippen molar-refractivity contribution in [1.29, 1.82) is 0 Å². The lowest BCUT2D eigenvalue weighted by Gasteiger charge is -2.13. The molecular weight excluding hydrogens is 308 g/mol. The second-order valence-corrected chi connectivity index (χ2v) is 5.26. The molecule has 0 atom stereocenters. The SMILES string of the molecule is COc1ccc(NC(=O)NCOc2ccc(C)cc2C)cc1OC. The average molecular weight is 330 g/mol. The van der Waals surface area contributed by atoms with Gasteiger partial charge in [0.1, 0.15) is 5.75 Å². The van der Waals surface area contributed by atoms with Gasteiger partial charge in [-0.05, 0) is 37.6 Å². The Kier molecular flexibility index (Phi) is 5.89. The summed E-state index contributed by atoms with van der Waals surface area (Å²) in [5, 5.41) is 5.36. The number of aryl methyl sites for hydroxylation is 2. The maximum absolute atomic E-state index is 11.9. The number of rotatable bonds is 6. The Hall–Kier alpha value is -2.89. The van der Waals surface area contributed by atoms with Crippen molar-refractivity contribution in [3.8, 4) is 17.2 Å². The molecule has 0 radical (unpaired) electrons. The molecule has 0 bridgehead atoms. The van der Waals surface area contributed by atoms with E-state index in [1.54, 1.807) is 32.4 Å². The zero-order valence-corrected chi connectivity index (χ0v) is 14.3. The molecule has 6 heteroatoms. The second kappa shape index (κ2) is 8.10. The van der Waals surface area contributed by atoms with Crippen LogP contribution < -0.4 is 24.8 Å². The summed E-state index contributed by atoms with van der Waals surface area (Å²) in [6, 6.07) is 10.6. The molecule has 0 fully saturated rings. The second-order valence-electron chi connectivity index (χ2n) is 5.26. The molecule has 0 unspecified atom stereocenters. The highest BCUT2D eigenvalue weighted by Gasteiger charge is 2.07. The number of benzene rings is 2. The topological polar surface area (TPSA) is 68.8 Å². The lowest BCUT2D eigenvalue weighted by Crippen LogP contribution is -2.32. The first kappa shape index (κ1) is 17.5. The first-order valence-electron chi connectivity index (χ1n) is 7.50. The highest BCUT2D eigenvalue weighted by atomic mass is 16.5. The average Bonchev–Trinajstić information content (AvgIpc) is 2.56. The van der Waals surface area contributed by atoms with Crippen LogP contribution in [0.1, 0.15) is 11.1 Å². The van der Waals surface area contributed by atoms with Crippen molar-refractivity contribution in [3.63, 3.8) is 0 Å². The summed E-state index contributed by atoms with van der Waals surface area (Å²) in [5.41, 5.74) is 2.78. The number of methoxy groups -OCH3 is 2. The van der Waals surface area contributed by atoms with Crippen LogP contribution in [0.2, 0.25) is 0 Å². The monoisotopic (exact) mass is 330 g/mol. The Labute approximate surface area is 141 Å². The quantitative estimate of drug-likeness (QED) is 0.796. The van der Waals surface area contributed by atoms with Crippen molar-refractivity contribution in [1.82, 2.24) is 5.32 Å². The number of carbonyl (C=O) groups excluding carboxylic acids is 1. The van der Waals surface area contributed by atoms with Crippen molar-refractivity contribution < 1.29 is 19.0 Å². The summed E-state index contributed by atoms with van der Waals surface area (Å²) in [6.45, 7) is 4.06. The first-order valence-corrected chi connectivity index (χ1v) is 7.50. The van der Waals surface area contributed by atoms with Crippen LogP contribution in [-0.2, 0) is 0 Å². The normalized spacial score (nSPS) is 10.0. The van der Waals surface area contributed by atoms with E-state index in [9.17, 15) is 4.79 Å². The minimum Gasteiger partial charge on any atom is -0.493 e. The zero-order valence-electron chi connectivity index (χ0n) is 14.3. The zero-order chi connectivity index (χ0) is 17.5. The standard InChI is InChI=1S/C18H22N2O4/c1-12-5-7-15(13(2)9-12)24-11-19-18(21)20-14-6-8-16(22-3)17(10-14)23-4/h5-10H,11H2,1-4H3,(H2,19,20,21). The highest BCUT2D eigenvalue weighted by molar-refractivity contribution is 5.89. The summed E-state index contributed by atoms with van der Waals surface area (Å²) in [4.78, 5) is 11.9. The van der Waals surface area contributed by atoms with Crippen LogP contribution in [0, 0.1) is 13.8 Å². The number of carbonyl (C=O) groups is 1. The molecule has 24 heavy (non-hydrogen) atoms. The predicted molar refractivity (Wildman–Crippen MR) is 93.1 cm³/mol. The van der Waals surface area contributed by atoms with Gasteiger partial charge in [-0.3, -0.25) is 0 Å². The molecule has 2 rings (SSSR count). The Bertz CT molecular complexity index is 716. The van der Waals surface area contributed by atoms with Gasteiger partial charge in [0.15, 0.2) is 18.2 Å². The van der Waals surface area contributed by atoms with Gasteiger partial charge >= 0.3 is 6.03 Å². The number of hydrogen-bond donors (Lipinski definition) is 2. The van der Waals surface area contributed by atoms with Gasteiger partial charge in [-0.15, -0.1) is 0 Å². The van der Waals surface area contributed by atoms with E-state index in [1.165, 1.54) is 5.56 Å². The van der Waals surface area contributed by atoms with Crippen LogP contribution >= 0.6 is 0 Å². The minimum atomic E-state index is -0.369. The van der Waals surface area contributed by atoms with Crippen LogP contribution in [0.4, 0.5) is 10.5 Å². The molecular formula is C18H22N2O4. The van der Waals surface area contributed by atoms with Gasteiger partial charge in [-0.25, -0.2) is 4.79 Å². The van der Waals surface area contributed by atoms with E-state index >= 15 is 0 Å². The summed E-state index contributed by atoms with van der Waals surface area (Å²) in [6.07, 6.45) is 0.